The van der Waals surface area contributed by atoms with Crippen LogP contribution in [0.2, 0.25) is 0 Å². The van der Waals surface area contributed by atoms with E-state index in [4.69, 9.17) is 19.4 Å². The van der Waals surface area contributed by atoms with Crippen molar-refractivity contribution in [1.29, 1.82) is 0 Å². The zero-order valence-corrected chi connectivity index (χ0v) is 25.4. The average Bonchev–Trinajstić information content (AvgIpc) is 2.81. The molecule has 2 aromatic rings. The van der Waals surface area contributed by atoms with Gasteiger partial charge in [-0.05, 0) is 84.6 Å². The quantitative estimate of drug-likeness (QED) is 0.318. The second-order valence-electron chi connectivity index (χ2n) is 13.2. The van der Waals surface area contributed by atoms with Crippen molar-refractivity contribution in [2.75, 3.05) is 18.0 Å². The summed E-state index contributed by atoms with van der Waals surface area (Å²) in [6.07, 6.45) is 6.98. The van der Waals surface area contributed by atoms with Crippen LogP contribution in [0.4, 0.5) is 5.69 Å². The average molecular weight is 524 g/mol. The highest BCUT2D eigenvalue weighted by molar-refractivity contribution is 5.87. The minimum Gasteiger partial charge on any atom is -0.461 e. The Bertz CT molecular complexity index is 1070. The van der Waals surface area contributed by atoms with E-state index in [-0.39, 0.29) is 17.5 Å². The van der Waals surface area contributed by atoms with Crippen molar-refractivity contribution in [3.05, 3.63) is 41.5 Å². The van der Waals surface area contributed by atoms with E-state index in [2.05, 4.69) is 44.7 Å². The first kappa shape index (κ1) is 30.1. The molecule has 6 heteroatoms. The van der Waals surface area contributed by atoms with E-state index in [1.807, 2.05) is 53.9 Å². The van der Waals surface area contributed by atoms with Crippen LogP contribution in [0.25, 0.3) is 11.1 Å². The number of rotatable bonds is 9. The number of carbonyl (C=O) groups is 1. The maximum Gasteiger partial charge on any atom is 0.340 e. The van der Waals surface area contributed by atoms with Crippen molar-refractivity contribution in [2.24, 2.45) is 11.3 Å². The highest BCUT2D eigenvalue weighted by Gasteiger charge is 2.37. The monoisotopic (exact) mass is 523 g/mol. The topological polar surface area (TPSA) is 64.5 Å². The number of ether oxygens (including phenoxy) is 2. The van der Waals surface area contributed by atoms with Gasteiger partial charge in [0, 0.05) is 53.6 Å². The third-order valence-electron chi connectivity index (χ3n) is 7.13. The lowest BCUT2D eigenvalue weighted by atomic mass is 9.82. The molecule has 210 valence electrons. The molecule has 1 saturated heterocycles. The van der Waals surface area contributed by atoms with Gasteiger partial charge in [0.2, 0.25) is 0 Å². The normalized spacial score (nSPS) is 16.7. The lowest BCUT2D eigenvalue weighted by Gasteiger charge is -2.41. The predicted octanol–water partition coefficient (Wildman–Crippen LogP) is 7.47. The van der Waals surface area contributed by atoms with E-state index >= 15 is 0 Å². The van der Waals surface area contributed by atoms with Crippen LogP contribution >= 0.6 is 0 Å². The predicted molar refractivity (Wildman–Crippen MR) is 155 cm³/mol. The van der Waals surface area contributed by atoms with Gasteiger partial charge in [0.25, 0.3) is 0 Å². The molecule has 1 aliphatic rings. The van der Waals surface area contributed by atoms with Crippen LogP contribution in [0.15, 0.2) is 24.5 Å². The minimum atomic E-state index is -0.881. The highest BCUT2D eigenvalue weighted by Crippen LogP contribution is 2.43. The Kier molecular flexibility index (Phi) is 9.62. The van der Waals surface area contributed by atoms with Gasteiger partial charge in [-0.2, -0.15) is 0 Å². The van der Waals surface area contributed by atoms with Crippen LogP contribution < -0.4 is 4.90 Å². The fraction of sp³-hybridized carbons (Fsp3) is 0.656. The maximum absolute atomic E-state index is 13.5. The molecule has 1 fully saturated rings. The fourth-order valence-electron chi connectivity index (χ4n) is 4.85. The third-order valence-corrected chi connectivity index (χ3v) is 7.13. The summed E-state index contributed by atoms with van der Waals surface area (Å²) in [6.45, 7) is 22.5. The maximum atomic E-state index is 13.5. The minimum absolute atomic E-state index is 0.244. The van der Waals surface area contributed by atoms with Gasteiger partial charge >= 0.3 is 5.97 Å². The Balaban J connectivity index is 2.17. The van der Waals surface area contributed by atoms with Crippen LogP contribution in [-0.2, 0) is 20.7 Å². The van der Waals surface area contributed by atoms with Crippen molar-refractivity contribution in [3.63, 3.8) is 0 Å². The van der Waals surface area contributed by atoms with E-state index in [1.54, 1.807) is 0 Å². The van der Waals surface area contributed by atoms with Crippen molar-refractivity contribution in [1.82, 2.24) is 9.97 Å². The zero-order chi connectivity index (χ0) is 28.3. The van der Waals surface area contributed by atoms with Gasteiger partial charge in [-0.25, -0.2) is 4.79 Å². The van der Waals surface area contributed by atoms with Gasteiger partial charge < -0.3 is 14.4 Å². The molecule has 0 amide bonds. The molecule has 1 unspecified atom stereocenters. The summed E-state index contributed by atoms with van der Waals surface area (Å²) in [5, 5.41) is 0. The number of aryl methyl sites for hydroxylation is 2. The second kappa shape index (κ2) is 12.1. The molecule has 0 radical (unpaired) electrons. The number of hydrogen-bond acceptors (Lipinski definition) is 6. The molecule has 0 bridgehead atoms. The molecule has 38 heavy (non-hydrogen) atoms. The van der Waals surface area contributed by atoms with Crippen LogP contribution in [0.1, 0.15) is 105 Å². The lowest BCUT2D eigenvalue weighted by molar-refractivity contribution is -0.171. The third kappa shape index (κ3) is 8.02. The van der Waals surface area contributed by atoms with Crippen molar-refractivity contribution >= 4 is 11.7 Å². The van der Waals surface area contributed by atoms with Crippen molar-refractivity contribution < 1.29 is 14.3 Å². The first-order chi connectivity index (χ1) is 17.7. The van der Waals surface area contributed by atoms with E-state index in [0.717, 1.165) is 72.5 Å². The molecule has 3 heterocycles. The van der Waals surface area contributed by atoms with Gasteiger partial charge in [0.1, 0.15) is 0 Å². The largest absolute Gasteiger partial charge is 0.461 e. The summed E-state index contributed by atoms with van der Waals surface area (Å²) in [4.78, 5) is 25.5. The first-order valence-corrected chi connectivity index (χ1v) is 14.2. The Labute approximate surface area is 230 Å². The summed E-state index contributed by atoms with van der Waals surface area (Å²) < 4.78 is 12.2. The van der Waals surface area contributed by atoms with Crippen LogP contribution in [0.3, 0.4) is 0 Å². The number of esters is 1. The van der Waals surface area contributed by atoms with Gasteiger partial charge in [-0.3, -0.25) is 9.97 Å². The highest BCUT2D eigenvalue weighted by atomic mass is 16.6. The van der Waals surface area contributed by atoms with E-state index in [9.17, 15) is 4.79 Å². The number of hydrogen-bond donors (Lipinski definition) is 0. The summed E-state index contributed by atoms with van der Waals surface area (Å²) in [7, 11) is 0. The molecule has 2 aromatic heterocycles. The summed E-state index contributed by atoms with van der Waals surface area (Å²) >= 11 is 0. The number of carbonyl (C=O) groups excluding carboxylic acids is 1. The molecule has 0 N–H and O–H groups in total. The number of piperidine rings is 1. The Morgan fingerprint density at radius 2 is 1.71 bits per heavy atom. The Morgan fingerprint density at radius 3 is 2.24 bits per heavy atom. The van der Waals surface area contributed by atoms with Crippen molar-refractivity contribution in [3.8, 4) is 11.1 Å². The van der Waals surface area contributed by atoms with Crippen LogP contribution in [0.5, 0.6) is 0 Å². The van der Waals surface area contributed by atoms with E-state index < -0.39 is 11.7 Å². The number of anilines is 1. The number of nitrogens with zero attached hydrogens (tertiary/aromatic N) is 3. The van der Waals surface area contributed by atoms with E-state index in [1.165, 1.54) is 0 Å². The summed E-state index contributed by atoms with van der Waals surface area (Å²) in [5.41, 5.74) is 5.40. The Morgan fingerprint density at radius 1 is 1.05 bits per heavy atom. The molecule has 0 spiro atoms. The number of pyridine rings is 2. The lowest BCUT2D eigenvalue weighted by Crippen LogP contribution is -2.39. The molecular formula is C32H49N3O3. The van der Waals surface area contributed by atoms with Gasteiger partial charge in [-0.1, -0.05) is 33.8 Å². The summed E-state index contributed by atoms with van der Waals surface area (Å²) in [6, 6.07) is 4.26. The standard InChI is InChI=1S/C32H49N3O3/c1-21(2)11-13-25-14-12-24(19-34-25)26-20-33-23(5)27(28(26)35-17-15-32(9,10)16-18-35)29(38-31(6,7)8)30(36)37-22(3)4/h12,14,19-22,29H,11,13,15-18H2,1-10H3. The van der Waals surface area contributed by atoms with Crippen LogP contribution in [0, 0.1) is 18.3 Å². The smallest absolute Gasteiger partial charge is 0.340 e. The molecule has 1 aliphatic heterocycles. The van der Waals surface area contributed by atoms with Crippen molar-refractivity contribution in [2.45, 2.75) is 113 Å². The molecule has 0 aromatic carbocycles. The fourth-order valence-corrected chi connectivity index (χ4v) is 4.85. The first-order valence-electron chi connectivity index (χ1n) is 14.2. The van der Waals surface area contributed by atoms with E-state index in [0.29, 0.717) is 5.92 Å². The summed E-state index contributed by atoms with van der Waals surface area (Å²) in [5.74, 6) is 0.262. The SMILES string of the molecule is Cc1ncc(-c2ccc(CCC(C)C)nc2)c(N2CCC(C)(C)CC2)c1C(OC(C)(C)C)C(=O)OC(C)C. The van der Waals surface area contributed by atoms with Gasteiger partial charge in [-0.15, -0.1) is 0 Å². The van der Waals surface area contributed by atoms with Gasteiger partial charge in [0.15, 0.2) is 6.10 Å². The zero-order valence-electron chi connectivity index (χ0n) is 25.4. The molecular weight excluding hydrogens is 474 g/mol. The molecule has 0 aliphatic carbocycles. The molecule has 1 atom stereocenters. The Hall–Kier alpha value is -2.47. The second-order valence-corrected chi connectivity index (χ2v) is 13.2. The van der Waals surface area contributed by atoms with Crippen LogP contribution in [-0.4, -0.2) is 40.7 Å². The molecule has 6 nitrogen and oxygen atoms in total. The van der Waals surface area contributed by atoms with Gasteiger partial charge in [0.05, 0.1) is 17.4 Å². The molecule has 0 saturated carbocycles. The molecule has 3 rings (SSSR count). The number of aromatic nitrogens is 2.